The lowest BCUT2D eigenvalue weighted by Gasteiger charge is -2.25. The van der Waals surface area contributed by atoms with E-state index in [4.69, 9.17) is 0 Å². The highest BCUT2D eigenvalue weighted by Crippen LogP contribution is 2.45. The second kappa shape index (κ2) is 5.22. The molecule has 0 unspecified atom stereocenters. The van der Waals surface area contributed by atoms with Gasteiger partial charge in [-0.15, -0.1) is 0 Å². The van der Waals surface area contributed by atoms with Crippen LogP contribution in [-0.2, 0) is 17.3 Å². The van der Waals surface area contributed by atoms with Crippen molar-refractivity contribution in [3.63, 3.8) is 0 Å². The fourth-order valence-corrected chi connectivity index (χ4v) is 4.12. The molecule has 3 rings (SSSR count). The van der Waals surface area contributed by atoms with Crippen molar-refractivity contribution in [3.8, 4) is 11.1 Å². The van der Waals surface area contributed by atoms with Gasteiger partial charge in [-0.3, -0.25) is 0 Å². The largest absolute Gasteiger partial charge is 0.0561 e. The van der Waals surface area contributed by atoms with Crippen molar-refractivity contribution in [2.45, 2.75) is 79.6 Å². The van der Waals surface area contributed by atoms with Gasteiger partial charge < -0.3 is 0 Å². The average molecular weight is 321 g/mol. The Morgan fingerprint density at radius 2 is 1.25 bits per heavy atom. The van der Waals surface area contributed by atoms with Crippen molar-refractivity contribution < 1.29 is 0 Å². The zero-order valence-electron chi connectivity index (χ0n) is 16.9. The topological polar surface area (TPSA) is 0 Å². The lowest BCUT2D eigenvalue weighted by atomic mass is 9.79. The summed E-state index contributed by atoms with van der Waals surface area (Å²) in [5.41, 5.74) is 13.8. The summed E-state index contributed by atoms with van der Waals surface area (Å²) < 4.78 is 0. The van der Waals surface area contributed by atoms with Crippen molar-refractivity contribution in [1.29, 1.82) is 0 Å². The van der Waals surface area contributed by atoms with Gasteiger partial charge in [0.15, 0.2) is 0 Å². The Hall–Kier alpha value is -1.56. The molecule has 0 bridgehead atoms. The maximum absolute atomic E-state index is 2.48. The van der Waals surface area contributed by atoms with Crippen molar-refractivity contribution in [2.24, 2.45) is 0 Å². The van der Waals surface area contributed by atoms with Gasteiger partial charge in [-0.05, 0) is 88.1 Å². The normalized spacial score (nSPS) is 13.9. The van der Waals surface area contributed by atoms with Gasteiger partial charge in [-0.2, -0.15) is 0 Å². The molecule has 1 aliphatic carbocycles. The fraction of sp³-hybridized carbons (Fsp3) is 0.500. The van der Waals surface area contributed by atoms with Crippen molar-refractivity contribution in [2.75, 3.05) is 0 Å². The van der Waals surface area contributed by atoms with Crippen molar-refractivity contribution in [3.05, 3.63) is 57.1 Å². The van der Waals surface area contributed by atoms with Crippen LogP contribution in [0.4, 0.5) is 0 Å². The summed E-state index contributed by atoms with van der Waals surface area (Å²) in [4.78, 5) is 0. The first-order valence-corrected chi connectivity index (χ1v) is 9.19. The van der Waals surface area contributed by atoms with Gasteiger partial charge in [0.2, 0.25) is 0 Å². The van der Waals surface area contributed by atoms with Gasteiger partial charge in [-0.1, -0.05) is 59.7 Å². The van der Waals surface area contributed by atoms with Crippen LogP contribution in [0.2, 0.25) is 0 Å². The molecule has 0 saturated carbocycles. The van der Waals surface area contributed by atoms with E-state index in [1.165, 1.54) is 44.5 Å². The van der Waals surface area contributed by atoms with Crippen LogP contribution in [-0.4, -0.2) is 0 Å². The minimum atomic E-state index is 0.184. The molecule has 0 N–H and O–H groups in total. The number of fused-ring (bicyclic) bond motifs is 3. The van der Waals surface area contributed by atoms with Crippen LogP contribution in [0.25, 0.3) is 11.1 Å². The molecule has 0 atom stereocenters. The van der Waals surface area contributed by atoms with E-state index >= 15 is 0 Å². The van der Waals surface area contributed by atoms with Crippen LogP contribution >= 0.6 is 0 Å². The third kappa shape index (κ3) is 2.61. The second-order valence-corrected chi connectivity index (χ2v) is 9.70. The van der Waals surface area contributed by atoms with Crippen LogP contribution in [0.3, 0.4) is 0 Å². The number of benzene rings is 2. The van der Waals surface area contributed by atoms with E-state index in [0.717, 1.165) is 6.42 Å². The number of hydrogen-bond acceptors (Lipinski definition) is 0. The first-order chi connectivity index (χ1) is 10.9. The lowest BCUT2D eigenvalue weighted by Crippen LogP contribution is -2.14. The highest BCUT2D eigenvalue weighted by molar-refractivity contribution is 5.81. The van der Waals surface area contributed by atoms with Gasteiger partial charge in [0.1, 0.15) is 0 Å². The number of hydrogen-bond donors (Lipinski definition) is 0. The summed E-state index contributed by atoms with van der Waals surface area (Å²) in [6.45, 7) is 20.8. The molecule has 1 aliphatic rings. The van der Waals surface area contributed by atoms with Crippen LogP contribution in [0.1, 0.15) is 80.5 Å². The third-order valence-corrected chi connectivity index (χ3v) is 5.82. The molecule has 0 saturated heterocycles. The molecular weight excluding hydrogens is 288 g/mol. The highest BCUT2D eigenvalue weighted by Gasteiger charge is 2.28. The number of rotatable bonds is 0. The maximum atomic E-state index is 2.48. The Labute approximate surface area is 148 Å². The predicted octanol–water partition coefficient (Wildman–Crippen LogP) is 6.78. The molecule has 128 valence electrons. The molecule has 24 heavy (non-hydrogen) atoms. The molecule has 0 radical (unpaired) electrons. The maximum Gasteiger partial charge on any atom is -0.000809 e. The molecule has 0 heterocycles. The average Bonchev–Trinajstić information content (AvgIpc) is 2.80. The Bertz CT molecular complexity index is 821. The number of aryl methyl sites for hydroxylation is 1. The Kier molecular flexibility index (Phi) is 3.75. The van der Waals surface area contributed by atoms with Gasteiger partial charge >= 0.3 is 0 Å². The molecule has 0 spiro atoms. The molecule has 0 aliphatic heterocycles. The van der Waals surface area contributed by atoms with E-state index in [9.17, 15) is 0 Å². The Morgan fingerprint density at radius 1 is 0.667 bits per heavy atom. The van der Waals surface area contributed by atoms with Gasteiger partial charge in [0, 0.05) is 0 Å². The van der Waals surface area contributed by atoms with Gasteiger partial charge in [0.05, 0.1) is 0 Å². The standard InChI is InChI=1S/C24H32/c1-14-10-17(23(4,5)6)11-20-18(14)12-19-15(2)16(3)22(13-21(19)20)24(7,8)9/h10-11,13H,12H2,1-9H3. The quantitative estimate of drug-likeness (QED) is 0.428. The van der Waals surface area contributed by atoms with Crippen molar-refractivity contribution >= 4 is 0 Å². The third-order valence-electron chi connectivity index (χ3n) is 5.82. The molecule has 0 heteroatoms. The summed E-state index contributed by atoms with van der Waals surface area (Å²) in [5.74, 6) is 0. The first-order valence-electron chi connectivity index (χ1n) is 9.19. The highest BCUT2D eigenvalue weighted by atomic mass is 14.3. The molecule has 0 aromatic heterocycles. The van der Waals surface area contributed by atoms with Crippen molar-refractivity contribution in [1.82, 2.24) is 0 Å². The minimum Gasteiger partial charge on any atom is -0.0561 e. The molecule has 2 aromatic rings. The lowest BCUT2D eigenvalue weighted by molar-refractivity contribution is 0.585. The SMILES string of the molecule is Cc1cc(C(C)(C)C)cc2c1Cc1c-2cc(C(C)(C)C)c(C)c1C. The van der Waals surface area contributed by atoms with E-state index in [1.54, 1.807) is 5.56 Å². The Balaban J connectivity index is 2.31. The summed E-state index contributed by atoms with van der Waals surface area (Å²) in [6, 6.07) is 7.34. The fourth-order valence-electron chi connectivity index (χ4n) is 4.12. The van der Waals surface area contributed by atoms with E-state index in [2.05, 4.69) is 80.5 Å². The second-order valence-electron chi connectivity index (χ2n) is 9.70. The summed E-state index contributed by atoms with van der Waals surface area (Å²) >= 11 is 0. The molecule has 2 aromatic carbocycles. The van der Waals surface area contributed by atoms with Crippen LogP contribution in [0.5, 0.6) is 0 Å². The molecule has 0 nitrogen and oxygen atoms in total. The summed E-state index contributed by atoms with van der Waals surface area (Å²) in [6.07, 6.45) is 1.10. The van der Waals surface area contributed by atoms with E-state index in [1.807, 2.05) is 0 Å². The summed E-state index contributed by atoms with van der Waals surface area (Å²) in [7, 11) is 0. The summed E-state index contributed by atoms with van der Waals surface area (Å²) in [5, 5.41) is 0. The van der Waals surface area contributed by atoms with Gasteiger partial charge in [-0.25, -0.2) is 0 Å². The zero-order chi connectivity index (χ0) is 18.0. The Morgan fingerprint density at radius 3 is 1.79 bits per heavy atom. The molecule has 0 amide bonds. The van der Waals surface area contributed by atoms with Crippen LogP contribution in [0, 0.1) is 20.8 Å². The molecular formula is C24H32. The van der Waals surface area contributed by atoms with E-state index in [-0.39, 0.29) is 10.8 Å². The van der Waals surface area contributed by atoms with Gasteiger partial charge in [0.25, 0.3) is 0 Å². The minimum absolute atomic E-state index is 0.184. The monoisotopic (exact) mass is 320 g/mol. The van der Waals surface area contributed by atoms with Crippen LogP contribution < -0.4 is 0 Å². The first kappa shape index (κ1) is 17.3. The van der Waals surface area contributed by atoms with E-state index in [0.29, 0.717) is 0 Å². The predicted molar refractivity (Wildman–Crippen MR) is 106 cm³/mol. The van der Waals surface area contributed by atoms with E-state index < -0.39 is 0 Å². The van der Waals surface area contributed by atoms with Crippen LogP contribution in [0.15, 0.2) is 18.2 Å². The zero-order valence-corrected chi connectivity index (χ0v) is 16.9. The smallest absolute Gasteiger partial charge is 0.000809 e. The molecule has 0 fully saturated rings.